The van der Waals surface area contributed by atoms with Gasteiger partial charge >= 0.3 is 18.2 Å². The number of aromatic hydroxyl groups is 1. The van der Waals surface area contributed by atoms with Gasteiger partial charge < -0.3 is 47.4 Å². The van der Waals surface area contributed by atoms with E-state index in [9.17, 15) is 37.5 Å². The Labute approximate surface area is 364 Å². The molecule has 340 valence electrons. The van der Waals surface area contributed by atoms with Crippen molar-refractivity contribution >= 4 is 46.5 Å². The van der Waals surface area contributed by atoms with Gasteiger partial charge in [0.15, 0.2) is 5.69 Å². The van der Waals surface area contributed by atoms with Crippen molar-refractivity contribution in [3.8, 4) is 5.75 Å². The third kappa shape index (κ3) is 15.0. The molecule has 2 aromatic rings. The van der Waals surface area contributed by atoms with Crippen LogP contribution in [0.25, 0.3) is 11.3 Å². The third-order valence-corrected chi connectivity index (χ3v) is 10.2. The Morgan fingerprint density at radius 1 is 1.02 bits per heavy atom. The highest BCUT2D eigenvalue weighted by Crippen LogP contribution is 2.35. The lowest BCUT2D eigenvalue weighted by Gasteiger charge is -2.34. The van der Waals surface area contributed by atoms with Crippen molar-refractivity contribution in [3.63, 3.8) is 0 Å². The zero-order valence-electron chi connectivity index (χ0n) is 35.8. The van der Waals surface area contributed by atoms with Crippen molar-refractivity contribution in [2.45, 2.75) is 71.9 Å². The smallest absolute Gasteiger partial charge is 0.435 e. The number of benzene rings is 1. The fourth-order valence-electron chi connectivity index (χ4n) is 6.58. The summed E-state index contributed by atoms with van der Waals surface area (Å²) >= 11 is 0. The van der Waals surface area contributed by atoms with Gasteiger partial charge in [-0.25, -0.2) is 9.48 Å². The zero-order valence-corrected chi connectivity index (χ0v) is 35.8. The van der Waals surface area contributed by atoms with E-state index in [2.05, 4.69) is 32.1 Å². The molecule has 19 heteroatoms. The Morgan fingerprint density at radius 2 is 1.75 bits per heavy atom. The normalized spacial score (nSPS) is 15.4. The molecule has 16 nitrogen and oxygen atoms in total. The van der Waals surface area contributed by atoms with Crippen molar-refractivity contribution in [1.82, 2.24) is 30.2 Å². The number of aromatic nitrogens is 2. The van der Waals surface area contributed by atoms with Gasteiger partial charge in [-0.2, -0.15) is 18.3 Å². The van der Waals surface area contributed by atoms with Crippen LogP contribution in [0.15, 0.2) is 89.0 Å². The number of allylic oxidation sites excluding steroid dienone is 9. The number of carbonyl (C=O) groups excluding carboxylic acids is 3. The lowest BCUT2D eigenvalue weighted by molar-refractivity contribution is -0.141. The van der Waals surface area contributed by atoms with Crippen LogP contribution >= 0.6 is 0 Å². The number of carbonyl (C=O) groups is 4. The van der Waals surface area contributed by atoms with Crippen LogP contribution in [-0.2, 0) is 15.8 Å². The average Bonchev–Trinajstić information content (AvgIpc) is 3.62. The number of aliphatic imine (C=N–C) groups is 1. The van der Waals surface area contributed by atoms with Crippen LogP contribution in [-0.4, -0.2) is 105 Å². The van der Waals surface area contributed by atoms with Crippen molar-refractivity contribution in [3.05, 3.63) is 101 Å². The van der Waals surface area contributed by atoms with Gasteiger partial charge in [-0.1, -0.05) is 24.1 Å². The number of amides is 4. The standard InChI is InChI=1S/C44H57F3N10O6/c1-4-31-23-33(49)11-13-35(24-31)57-28-37(40(54-57)44(45,46)47)29(2)26-52-30(3)41(61)53-34-12-14-36(38(58)25-34)42(62)55-19-21-56(22-20-55)43(63)51-17-8-10-32(9-6-5-7-16-48)15-18-50-27-39(59)60/h9,11-15,18,23,25-26,28,50,58H,4-8,10,16-17,19-22,24,27,48-49H2,1-3H3,(H,51,63)(H,53,61)(H,59,60)/b18-15-,29-26+,32-9-,52-30?. The Kier molecular flexibility index (Phi) is 18.3. The van der Waals surface area contributed by atoms with Gasteiger partial charge in [0.1, 0.15) is 18.0 Å². The predicted octanol–water partition coefficient (Wildman–Crippen LogP) is 5.98. The number of carboxylic acid groups (broad SMARTS) is 1. The van der Waals surface area contributed by atoms with Gasteiger partial charge in [0.2, 0.25) is 0 Å². The largest absolute Gasteiger partial charge is 0.507 e. The molecule has 0 unspecified atom stereocenters. The molecule has 0 bridgehead atoms. The highest BCUT2D eigenvalue weighted by molar-refractivity contribution is 6.42. The number of piperazine rings is 1. The first-order valence-corrected chi connectivity index (χ1v) is 20.7. The first-order valence-electron chi connectivity index (χ1n) is 20.7. The third-order valence-electron chi connectivity index (χ3n) is 10.2. The summed E-state index contributed by atoms with van der Waals surface area (Å²) in [5, 5.41) is 31.7. The summed E-state index contributed by atoms with van der Waals surface area (Å²) in [6.45, 7) is 6.55. The van der Waals surface area contributed by atoms with Gasteiger partial charge in [-0.3, -0.25) is 19.4 Å². The van der Waals surface area contributed by atoms with Crippen LogP contribution in [0.2, 0.25) is 0 Å². The number of hydrogen-bond acceptors (Lipinski definition) is 10. The second kappa shape index (κ2) is 23.5. The molecule has 0 radical (unpaired) electrons. The lowest BCUT2D eigenvalue weighted by atomic mass is 10.1. The number of nitrogens with zero attached hydrogens (tertiary/aromatic N) is 5. The van der Waals surface area contributed by atoms with Crippen LogP contribution in [0.3, 0.4) is 0 Å². The van der Waals surface area contributed by atoms with Gasteiger partial charge in [0.05, 0.1) is 5.56 Å². The van der Waals surface area contributed by atoms with E-state index in [1.165, 1.54) is 47.8 Å². The summed E-state index contributed by atoms with van der Waals surface area (Å²) < 4.78 is 43.5. The average molecular weight is 879 g/mol. The molecular weight excluding hydrogens is 822 g/mol. The minimum Gasteiger partial charge on any atom is -0.507 e. The molecule has 1 fully saturated rings. The molecule has 2 aliphatic rings. The Bertz CT molecular complexity index is 2190. The Morgan fingerprint density at radius 3 is 2.41 bits per heavy atom. The monoisotopic (exact) mass is 878 g/mol. The number of alkyl halides is 3. The van der Waals surface area contributed by atoms with Crippen molar-refractivity contribution in [2.75, 3.05) is 51.1 Å². The van der Waals surface area contributed by atoms with Gasteiger partial charge in [0.25, 0.3) is 11.8 Å². The Hall–Kier alpha value is -6.63. The van der Waals surface area contributed by atoms with E-state index in [1.807, 2.05) is 13.0 Å². The molecule has 1 aromatic carbocycles. The van der Waals surface area contributed by atoms with E-state index in [0.717, 1.165) is 36.6 Å². The highest BCUT2D eigenvalue weighted by Gasteiger charge is 2.38. The second-order valence-electron chi connectivity index (χ2n) is 15.0. The molecule has 0 saturated carbocycles. The molecule has 9 N–H and O–H groups in total. The zero-order chi connectivity index (χ0) is 46.1. The topological polar surface area (TPSA) is 234 Å². The molecule has 0 atom stereocenters. The van der Waals surface area contributed by atoms with Crippen LogP contribution in [0.5, 0.6) is 5.75 Å². The number of rotatable bonds is 19. The molecule has 4 rings (SSSR count). The maximum absolute atomic E-state index is 14.1. The minimum atomic E-state index is -4.77. The SMILES string of the molecule is CCC1=CC(N)=CC=C(n2cc(/C(C)=C/N=C(C)C(=O)Nc3ccc(C(=O)N4CCN(C(=O)NCCCC(/C=C\NCC(=O)O)=C/CCCCN)CC4)c(O)c3)c(C(F)(F)F)n2)C1. The number of phenolic OH excluding ortho intramolecular Hbond substituents is 1. The van der Waals surface area contributed by atoms with Gasteiger partial charge in [0, 0.05) is 80.3 Å². The van der Waals surface area contributed by atoms with Gasteiger partial charge in [-0.15, -0.1) is 0 Å². The molecule has 63 heavy (non-hydrogen) atoms. The van der Waals surface area contributed by atoms with Crippen LogP contribution in [0.4, 0.5) is 23.7 Å². The van der Waals surface area contributed by atoms with E-state index in [1.54, 1.807) is 29.3 Å². The number of urea groups is 1. The summed E-state index contributed by atoms with van der Waals surface area (Å²) in [6.07, 6.45) is 13.2. The molecule has 4 amide bonds. The number of anilines is 1. The van der Waals surface area contributed by atoms with Crippen LogP contribution in [0.1, 0.15) is 87.3 Å². The molecule has 2 heterocycles. The van der Waals surface area contributed by atoms with Crippen molar-refractivity contribution in [2.24, 2.45) is 16.5 Å². The molecular formula is C44H57F3N10O6. The number of aliphatic carboxylic acids is 1. The van der Waals surface area contributed by atoms with E-state index in [-0.39, 0.29) is 72.6 Å². The minimum absolute atomic E-state index is 0.00370. The van der Waals surface area contributed by atoms with Crippen molar-refractivity contribution in [1.29, 1.82) is 0 Å². The number of halogens is 3. The number of nitrogens with one attached hydrogen (secondary N) is 3. The maximum atomic E-state index is 14.1. The summed E-state index contributed by atoms with van der Waals surface area (Å²) in [5.41, 5.74) is 13.3. The number of unbranched alkanes of at least 4 members (excludes halogenated alkanes) is 2. The molecule has 1 aliphatic carbocycles. The number of carboxylic acids is 1. The molecule has 1 aliphatic heterocycles. The fourth-order valence-corrected chi connectivity index (χ4v) is 6.58. The lowest BCUT2D eigenvalue weighted by Crippen LogP contribution is -2.53. The molecule has 1 saturated heterocycles. The summed E-state index contributed by atoms with van der Waals surface area (Å²) in [7, 11) is 0. The van der Waals surface area contributed by atoms with E-state index in [4.69, 9.17) is 16.6 Å². The Balaban J connectivity index is 1.29. The van der Waals surface area contributed by atoms with Crippen LogP contribution < -0.4 is 27.4 Å². The number of phenols is 1. The first kappa shape index (κ1) is 49.0. The molecule has 1 aromatic heterocycles. The summed E-state index contributed by atoms with van der Waals surface area (Å²) in [5.74, 6) is -2.50. The highest BCUT2D eigenvalue weighted by atomic mass is 19.4. The summed E-state index contributed by atoms with van der Waals surface area (Å²) in [6, 6.07) is 3.74. The second-order valence-corrected chi connectivity index (χ2v) is 15.0. The summed E-state index contributed by atoms with van der Waals surface area (Å²) in [4.78, 5) is 57.2. The van der Waals surface area contributed by atoms with E-state index >= 15 is 0 Å². The maximum Gasteiger partial charge on any atom is 0.435 e. The number of hydrogen-bond donors (Lipinski definition) is 7. The van der Waals surface area contributed by atoms with Gasteiger partial charge in [-0.05, 0) is 107 Å². The quantitative estimate of drug-likeness (QED) is 0.0495. The van der Waals surface area contributed by atoms with E-state index < -0.39 is 29.7 Å². The molecule has 0 spiro atoms. The first-order chi connectivity index (χ1) is 30.0. The number of nitrogens with two attached hydrogens (primary N) is 2. The van der Waals surface area contributed by atoms with Crippen molar-refractivity contribution < 1.29 is 42.6 Å². The predicted molar refractivity (Wildman–Crippen MR) is 236 cm³/mol. The fraction of sp³-hybridized carbons (Fsp3) is 0.409. The van der Waals surface area contributed by atoms with E-state index in [0.29, 0.717) is 50.2 Å². The van der Waals surface area contributed by atoms with Crippen LogP contribution in [0, 0.1) is 0 Å².